The summed E-state index contributed by atoms with van der Waals surface area (Å²) < 4.78 is 0. The molecule has 3 rings (SSSR count). The summed E-state index contributed by atoms with van der Waals surface area (Å²) in [5, 5.41) is 11.7. The normalized spacial score (nSPS) is 15.5. The number of benzene rings is 1. The van der Waals surface area contributed by atoms with Crippen LogP contribution in [0.5, 0.6) is 0 Å². The standard InChI is InChI=1S/C17H19ClN4O/c1-12-8-10-22(11-9-12)16-7-6-15(20-21-16)17(23)19-14-4-2-13(18)3-5-14/h2-7,12H,8-11H2,1H3,(H,19,23). The van der Waals surface area contributed by atoms with Gasteiger partial charge >= 0.3 is 0 Å². The van der Waals surface area contributed by atoms with Crippen molar-refractivity contribution >= 4 is 29.0 Å². The van der Waals surface area contributed by atoms with E-state index in [4.69, 9.17) is 11.6 Å². The van der Waals surface area contributed by atoms with E-state index in [9.17, 15) is 4.79 Å². The van der Waals surface area contributed by atoms with E-state index in [1.807, 2.05) is 6.07 Å². The van der Waals surface area contributed by atoms with Gasteiger partial charge in [-0.1, -0.05) is 18.5 Å². The number of carbonyl (C=O) groups is 1. The fraction of sp³-hybridized carbons (Fsp3) is 0.353. The van der Waals surface area contributed by atoms with Crippen LogP contribution >= 0.6 is 11.6 Å². The van der Waals surface area contributed by atoms with E-state index in [-0.39, 0.29) is 5.91 Å². The van der Waals surface area contributed by atoms with E-state index < -0.39 is 0 Å². The van der Waals surface area contributed by atoms with Gasteiger partial charge in [0.25, 0.3) is 5.91 Å². The van der Waals surface area contributed by atoms with Gasteiger partial charge in [0.05, 0.1) is 0 Å². The van der Waals surface area contributed by atoms with Crippen LogP contribution < -0.4 is 10.2 Å². The van der Waals surface area contributed by atoms with Gasteiger partial charge in [-0.2, -0.15) is 0 Å². The summed E-state index contributed by atoms with van der Waals surface area (Å²) in [5.74, 6) is 1.32. The first kappa shape index (κ1) is 15.7. The molecule has 5 nitrogen and oxygen atoms in total. The number of rotatable bonds is 3. The van der Waals surface area contributed by atoms with Crippen molar-refractivity contribution in [3.05, 3.63) is 47.1 Å². The van der Waals surface area contributed by atoms with Crippen LogP contribution in [0.3, 0.4) is 0 Å². The molecule has 0 saturated carbocycles. The number of nitrogens with zero attached hydrogens (tertiary/aromatic N) is 3. The number of aromatic nitrogens is 2. The zero-order valence-corrected chi connectivity index (χ0v) is 13.8. The first-order valence-electron chi connectivity index (χ1n) is 7.77. The third-order valence-corrected chi connectivity index (χ3v) is 4.34. The molecule has 1 aromatic carbocycles. The highest BCUT2D eigenvalue weighted by Crippen LogP contribution is 2.21. The van der Waals surface area contributed by atoms with Gasteiger partial charge in [-0.3, -0.25) is 4.79 Å². The summed E-state index contributed by atoms with van der Waals surface area (Å²) in [6.45, 7) is 4.26. The van der Waals surface area contributed by atoms with Crippen molar-refractivity contribution in [3.63, 3.8) is 0 Å². The SMILES string of the molecule is CC1CCN(c2ccc(C(=O)Nc3ccc(Cl)cc3)nn2)CC1. The molecule has 1 N–H and O–H groups in total. The molecule has 1 saturated heterocycles. The number of nitrogens with one attached hydrogen (secondary N) is 1. The highest BCUT2D eigenvalue weighted by atomic mass is 35.5. The Hall–Kier alpha value is -2.14. The first-order chi connectivity index (χ1) is 11.1. The summed E-state index contributed by atoms with van der Waals surface area (Å²) in [6.07, 6.45) is 2.33. The number of carbonyl (C=O) groups excluding carboxylic acids is 1. The van der Waals surface area contributed by atoms with E-state index in [1.165, 1.54) is 12.8 Å². The molecule has 23 heavy (non-hydrogen) atoms. The van der Waals surface area contributed by atoms with Crippen molar-refractivity contribution in [2.75, 3.05) is 23.3 Å². The zero-order chi connectivity index (χ0) is 16.2. The van der Waals surface area contributed by atoms with Crippen LogP contribution in [0, 0.1) is 5.92 Å². The second kappa shape index (κ2) is 6.96. The van der Waals surface area contributed by atoms with E-state index >= 15 is 0 Å². The number of halogens is 1. The second-order valence-electron chi connectivity index (χ2n) is 5.91. The smallest absolute Gasteiger partial charge is 0.276 e. The molecular weight excluding hydrogens is 312 g/mol. The summed E-state index contributed by atoms with van der Waals surface area (Å²) >= 11 is 5.83. The average molecular weight is 331 g/mol. The summed E-state index contributed by atoms with van der Waals surface area (Å²) in [7, 11) is 0. The minimum absolute atomic E-state index is 0.279. The van der Waals surface area contributed by atoms with Gasteiger partial charge in [-0.25, -0.2) is 0 Å². The lowest BCUT2D eigenvalue weighted by Gasteiger charge is -2.30. The van der Waals surface area contributed by atoms with Crippen LogP contribution in [0.15, 0.2) is 36.4 Å². The quantitative estimate of drug-likeness (QED) is 0.933. The molecule has 0 spiro atoms. The molecule has 120 valence electrons. The third-order valence-electron chi connectivity index (χ3n) is 4.09. The van der Waals surface area contributed by atoms with E-state index in [2.05, 4.69) is 27.3 Å². The van der Waals surface area contributed by atoms with Crippen LogP contribution in [-0.4, -0.2) is 29.2 Å². The number of amides is 1. The Labute approximate surface area is 140 Å². The molecule has 2 heterocycles. The lowest BCUT2D eigenvalue weighted by atomic mass is 9.99. The predicted octanol–water partition coefficient (Wildman–Crippen LogP) is 3.62. The Bertz CT molecular complexity index is 664. The molecule has 1 aromatic heterocycles. The maximum atomic E-state index is 12.2. The largest absolute Gasteiger partial charge is 0.355 e. The van der Waals surface area contributed by atoms with Crippen molar-refractivity contribution in [2.24, 2.45) is 5.92 Å². The van der Waals surface area contributed by atoms with Crippen LogP contribution in [0.4, 0.5) is 11.5 Å². The molecule has 0 radical (unpaired) electrons. The minimum atomic E-state index is -0.279. The molecule has 0 unspecified atom stereocenters. The van der Waals surface area contributed by atoms with Gasteiger partial charge in [0.2, 0.25) is 0 Å². The highest BCUT2D eigenvalue weighted by molar-refractivity contribution is 6.30. The number of hydrogen-bond donors (Lipinski definition) is 1. The molecule has 6 heteroatoms. The van der Waals surface area contributed by atoms with Gasteiger partial charge in [0.15, 0.2) is 11.5 Å². The van der Waals surface area contributed by atoms with Crippen molar-refractivity contribution < 1.29 is 4.79 Å². The topological polar surface area (TPSA) is 58.1 Å². The van der Waals surface area contributed by atoms with Crippen LogP contribution in [0.25, 0.3) is 0 Å². The van der Waals surface area contributed by atoms with Crippen molar-refractivity contribution in [3.8, 4) is 0 Å². The van der Waals surface area contributed by atoms with Crippen molar-refractivity contribution in [1.29, 1.82) is 0 Å². The molecule has 1 fully saturated rings. The fourth-order valence-electron chi connectivity index (χ4n) is 2.58. The summed E-state index contributed by atoms with van der Waals surface area (Å²) in [4.78, 5) is 14.4. The lowest BCUT2D eigenvalue weighted by molar-refractivity contribution is 0.102. The predicted molar refractivity (Wildman–Crippen MR) is 92.0 cm³/mol. The van der Waals surface area contributed by atoms with E-state index in [0.717, 1.165) is 24.8 Å². The first-order valence-corrected chi connectivity index (χ1v) is 8.15. The summed E-state index contributed by atoms with van der Waals surface area (Å²) in [6, 6.07) is 10.5. The van der Waals surface area contributed by atoms with Crippen molar-refractivity contribution in [1.82, 2.24) is 10.2 Å². The Morgan fingerprint density at radius 3 is 2.43 bits per heavy atom. The Kier molecular flexibility index (Phi) is 4.76. The summed E-state index contributed by atoms with van der Waals surface area (Å²) in [5.41, 5.74) is 0.976. The number of hydrogen-bond acceptors (Lipinski definition) is 4. The average Bonchev–Trinajstić information content (AvgIpc) is 2.58. The molecule has 2 aromatic rings. The molecule has 1 aliphatic rings. The van der Waals surface area contributed by atoms with E-state index in [1.54, 1.807) is 30.3 Å². The van der Waals surface area contributed by atoms with Crippen LogP contribution in [-0.2, 0) is 0 Å². The van der Waals surface area contributed by atoms with E-state index in [0.29, 0.717) is 16.4 Å². The van der Waals surface area contributed by atoms with Gasteiger partial charge in [-0.15, -0.1) is 10.2 Å². The van der Waals surface area contributed by atoms with Crippen LogP contribution in [0.1, 0.15) is 30.3 Å². The van der Waals surface area contributed by atoms with Crippen LogP contribution in [0.2, 0.25) is 5.02 Å². The third kappa shape index (κ3) is 3.99. The van der Waals surface area contributed by atoms with Gasteiger partial charge in [0.1, 0.15) is 0 Å². The Morgan fingerprint density at radius 1 is 1.13 bits per heavy atom. The van der Waals surface area contributed by atoms with Crippen molar-refractivity contribution in [2.45, 2.75) is 19.8 Å². The van der Waals surface area contributed by atoms with Gasteiger partial charge in [0, 0.05) is 23.8 Å². The zero-order valence-electron chi connectivity index (χ0n) is 13.0. The molecule has 1 amide bonds. The maximum absolute atomic E-state index is 12.2. The fourth-order valence-corrected chi connectivity index (χ4v) is 2.71. The molecule has 1 aliphatic heterocycles. The molecule has 0 aliphatic carbocycles. The second-order valence-corrected chi connectivity index (χ2v) is 6.34. The number of piperidine rings is 1. The highest BCUT2D eigenvalue weighted by Gasteiger charge is 2.18. The molecule has 0 bridgehead atoms. The monoisotopic (exact) mass is 330 g/mol. The Balaban J connectivity index is 1.64. The molecule has 0 atom stereocenters. The number of anilines is 2. The van der Waals surface area contributed by atoms with Gasteiger partial charge < -0.3 is 10.2 Å². The van der Waals surface area contributed by atoms with Gasteiger partial charge in [-0.05, 0) is 55.2 Å². The Morgan fingerprint density at radius 2 is 1.83 bits per heavy atom. The maximum Gasteiger partial charge on any atom is 0.276 e. The minimum Gasteiger partial charge on any atom is -0.355 e. The lowest BCUT2D eigenvalue weighted by Crippen LogP contribution is -2.33. The molecular formula is C17H19ClN4O.